The molecule has 0 N–H and O–H groups in total. The number of hydrogen-bond acceptors (Lipinski definition) is 4. The summed E-state index contributed by atoms with van der Waals surface area (Å²) in [5, 5.41) is 2.01. The van der Waals surface area contributed by atoms with E-state index in [9.17, 15) is 8.78 Å². The van der Waals surface area contributed by atoms with Gasteiger partial charge in [-0.2, -0.15) is 8.78 Å². The van der Waals surface area contributed by atoms with E-state index in [0.29, 0.717) is 36.5 Å². The Morgan fingerprint density at radius 2 is 1.92 bits per heavy atom. The molecule has 0 atom stereocenters. The van der Waals surface area contributed by atoms with Gasteiger partial charge < -0.3 is 4.42 Å². The number of fused-ring (bicyclic) bond motifs is 1. The van der Waals surface area contributed by atoms with E-state index in [1.807, 2.05) is 29.6 Å². The number of hydrogen-bond donors (Lipinski definition) is 0. The predicted octanol–water partition coefficient (Wildman–Crippen LogP) is 5.29. The largest absolute Gasteiger partial charge is 0.468 e. The predicted molar refractivity (Wildman–Crippen MR) is 97.0 cm³/mol. The van der Waals surface area contributed by atoms with Gasteiger partial charge in [-0.15, -0.1) is 11.3 Å². The lowest BCUT2D eigenvalue weighted by Crippen LogP contribution is -2.24. The number of alkyl halides is 2. The Kier molecular flexibility index (Phi) is 4.81. The fourth-order valence-electron chi connectivity index (χ4n) is 3.04. The summed E-state index contributed by atoms with van der Waals surface area (Å²) in [7, 11) is 0. The van der Waals surface area contributed by atoms with Crippen LogP contribution in [0.3, 0.4) is 0 Å². The minimum absolute atomic E-state index is 0.303. The molecule has 0 aliphatic carbocycles. The quantitative estimate of drug-likeness (QED) is 0.441. The molecule has 7 heteroatoms. The van der Waals surface area contributed by atoms with Gasteiger partial charge >= 0.3 is 6.55 Å². The number of imidazole rings is 1. The van der Waals surface area contributed by atoms with E-state index in [-0.39, 0.29) is 0 Å². The molecule has 0 radical (unpaired) electrons. The highest BCUT2D eigenvalue weighted by Gasteiger charge is 2.20. The van der Waals surface area contributed by atoms with Crippen LogP contribution in [0.15, 0.2) is 64.6 Å². The van der Waals surface area contributed by atoms with Crippen molar-refractivity contribution in [2.75, 3.05) is 0 Å². The Morgan fingerprint density at radius 3 is 2.65 bits per heavy atom. The van der Waals surface area contributed by atoms with Crippen molar-refractivity contribution < 1.29 is 13.2 Å². The normalized spacial score (nSPS) is 11.8. The van der Waals surface area contributed by atoms with E-state index >= 15 is 0 Å². The zero-order chi connectivity index (χ0) is 17.9. The van der Waals surface area contributed by atoms with Crippen molar-refractivity contribution in [3.05, 3.63) is 76.6 Å². The molecule has 0 aliphatic heterocycles. The minimum atomic E-state index is -2.63. The lowest BCUT2D eigenvalue weighted by Gasteiger charge is -2.21. The lowest BCUT2D eigenvalue weighted by molar-refractivity contribution is 0.0675. The van der Waals surface area contributed by atoms with Crippen molar-refractivity contribution in [2.24, 2.45) is 0 Å². The number of nitrogens with zero attached hydrogens (tertiary/aromatic N) is 3. The van der Waals surface area contributed by atoms with E-state index < -0.39 is 6.55 Å². The maximum absolute atomic E-state index is 13.7. The van der Waals surface area contributed by atoms with Gasteiger partial charge in [0.25, 0.3) is 0 Å². The van der Waals surface area contributed by atoms with E-state index in [2.05, 4.69) is 9.88 Å². The first-order chi connectivity index (χ1) is 12.7. The van der Waals surface area contributed by atoms with Crippen molar-refractivity contribution in [3.8, 4) is 0 Å². The molecule has 26 heavy (non-hydrogen) atoms. The number of halogens is 2. The van der Waals surface area contributed by atoms with Gasteiger partial charge in [0.05, 0.1) is 30.4 Å². The summed E-state index contributed by atoms with van der Waals surface area (Å²) in [6, 6.07) is 14.7. The van der Waals surface area contributed by atoms with Gasteiger partial charge in [0.2, 0.25) is 0 Å². The SMILES string of the molecule is FC(F)n1c(CN(Cc2ccco2)Cc2cccs2)nc2ccccc21. The number of benzene rings is 1. The summed E-state index contributed by atoms with van der Waals surface area (Å²) in [6.45, 7) is -1.16. The molecule has 0 amide bonds. The lowest BCUT2D eigenvalue weighted by atomic mass is 10.3. The number of thiophene rings is 1. The highest BCUT2D eigenvalue weighted by molar-refractivity contribution is 7.09. The van der Waals surface area contributed by atoms with Crippen LogP contribution < -0.4 is 0 Å². The second-order valence-corrected chi connectivity index (χ2v) is 7.00. The zero-order valence-electron chi connectivity index (χ0n) is 13.9. The van der Waals surface area contributed by atoms with Crippen LogP contribution in [-0.2, 0) is 19.6 Å². The Morgan fingerprint density at radius 1 is 1.04 bits per heavy atom. The summed E-state index contributed by atoms with van der Waals surface area (Å²) < 4.78 is 33.8. The summed E-state index contributed by atoms with van der Waals surface area (Å²) >= 11 is 1.64. The third-order valence-electron chi connectivity index (χ3n) is 4.15. The van der Waals surface area contributed by atoms with Crippen LogP contribution >= 0.6 is 11.3 Å². The Balaban J connectivity index is 1.66. The van der Waals surface area contributed by atoms with E-state index in [4.69, 9.17) is 4.42 Å². The van der Waals surface area contributed by atoms with Crippen LogP contribution in [0, 0.1) is 0 Å². The second kappa shape index (κ2) is 7.39. The molecule has 0 unspecified atom stereocenters. The fourth-order valence-corrected chi connectivity index (χ4v) is 3.78. The molecule has 134 valence electrons. The zero-order valence-corrected chi connectivity index (χ0v) is 14.7. The van der Waals surface area contributed by atoms with Gasteiger partial charge in [-0.1, -0.05) is 18.2 Å². The Labute approximate surface area is 153 Å². The average molecular weight is 373 g/mol. The topological polar surface area (TPSA) is 34.2 Å². The molecule has 0 aliphatic rings. The van der Waals surface area contributed by atoms with Gasteiger partial charge in [0.15, 0.2) is 0 Å². The summed E-state index contributed by atoms with van der Waals surface area (Å²) in [5.74, 6) is 1.14. The summed E-state index contributed by atoms with van der Waals surface area (Å²) in [4.78, 5) is 7.67. The number of para-hydroxylation sites is 2. The van der Waals surface area contributed by atoms with Crippen molar-refractivity contribution in [1.29, 1.82) is 0 Å². The number of rotatable bonds is 7. The van der Waals surface area contributed by atoms with Crippen molar-refractivity contribution >= 4 is 22.4 Å². The summed E-state index contributed by atoms with van der Waals surface area (Å²) in [5.41, 5.74) is 1.03. The molecule has 0 saturated heterocycles. The molecule has 4 aromatic rings. The minimum Gasteiger partial charge on any atom is -0.468 e. The van der Waals surface area contributed by atoms with Crippen LogP contribution in [-0.4, -0.2) is 14.5 Å². The number of aromatic nitrogens is 2. The Hall–Kier alpha value is -2.51. The molecule has 0 spiro atoms. The molecule has 3 aromatic heterocycles. The monoisotopic (exact) mass is 373 g/mol. The smallest absolute Gasteiger partial charge is 0.320 e. The first-order valence-electron chi connectivity index (χ1n) is 8.22. The van der Waals surface area contributed by atoms with Crippen molar-refractivity contribution in [3.63, 3.8) is 0 Å². The van der Waals surface area contributed by atoms with Gasteiger partial charge in [-0.3, -0.25) is 9.47 Å². The maximum Gasteiger partial charge on any atom is 0.320 e. The van der Waals surface area contributed by atoms with E-state index in [1.165, 1.54) is 0 Å². The maximum atomic E-state index is 13.7. The third-order valence-corrected chi connectivity index (χ3v) is 5.01. The van der Waals surface area contributed by atoms with Gasteiger partial charge in [0, 0.05) is 11.4 Å². The first-order valence-corrected chi connectivity index (χ1v) is 9.10. The van der Waals surface area contributed by atoms with Crippen molar-refractivity contribution in [1.82, 2.24) is 14.5 Å². The van der Waals surface area contributed by atoms with Crippen LogP contribution in [0.2, 0.25) is 0 Å². The van der Waals surface area contributed by atoms with E-state index in [0.717, 1.165) is 15.2 Å². The van der Waals surface area contributed by atoms with Gasteiger partial charge in [-0.25, -0.2) is 4.98 Å². The fraction of sp³-hybridized carbons (Fsp3) is 0.211. The van der Waals surface area contributed by atoms with Gasteiger partial charge in [-0.05, 0) is 35.7 Å². The summed E-state index contributed by atoms with van der Waals surface area (Å²) in [6.07, 6.45) is 1.62. The standard InChI is InChI=1S/C19H17F2N3OS/c20-19(21)24-17-8-2-1-7-16(17)22-18(24)13-23(11-14-5-3-9-25-14)12-15-6-4-10-26-15/h1-10,19H,11-13H2. The van der Waals surface area contributed by atoms with Crippen LogP contribution in [0.4, 0.5) is 8.78 Å². The molecule has 0 saturated carbocycles. The third kappa shape index (κ3) is 3.54. The van der Waals surface area contributed by atoms with Crippen LogP contribution in [0.5, 0.6) is 0 Å². The van der Waals surface area contributed by atoms with Gasteiger partial charge in [0.1, 0.15) is 11.6 Å². The number of furan rings is 1. The molecule has 3 heterocycles. The highest BCUT2D eigenvalue weighted by atomic mass is 32.1. The molecule has 0 fully saturated rings. The van der Waals surface area contributed by atoms with E-state index in [1.54, 1.807) is 41.9 Å². The molecule has 0 bridgehead atoms. The molecular weight excluding hydrogens is 356 g/mol. The van der Waals surface area contributed by atoms with Crippen LogP contribution in [0.1, 0.15) is 23.0 Å². The molecular formula is C19H17F2N3OS. The molecule has 4 nitrogen and oxygen atoms in total. The Bertz CT molecular complexity index is 928. The first kappa shape index (κ1) is 16.9. The average Bonchev–Trinajstić information content (AvgIpc) is 3.34. The highest BCUT2D eigenvalue weighted by Crippen LogP contribution is 2.25. The molecule has 1 aromatic carbocycles. The molecule has 4 rings (SSSR count). The van der Waals surface area contributed by atoms with Crippen molar-refractivity contribution in [2.45, 2.75) is 26.2 Å². The van der Waals surface area contributed by atoms with Crippen LogP contribution in [0.25, 0.3) is 11.0 Å². The second-order valence-electron chi connectivity index (χ2n) is 5.97.